The van der Waals surface area contributed by atoms with Crippen LogP contribution in [0.1, 0.15) is 35.8 Å². The van der Waals surface area contributed by atoms with Gasteiger partial charge in [0.1, 0.15) is 0 Å². The van der Waals surface area contributed by atoms with Gasteiger partial charge in [-0.05, 0) is 26.7 Å². The molecule has 0 amide bonds. The molecule has 3 rings (SSSR count). The summed E-state index contributed by atoms with van der Waals surface area (Å²) in [5.41, 5.74) is 4.61. The SMILES string of the molecule is Cc1nn(C)c(C)c1-c1cncc([C@@H]2CCCN(S(C)(=O)=O)C2)n1. The maximum atomic E-state index is 11.8. The van der Waals surface area contributed by atoms with Crippen LogP contribution in [0.25, 0.3) is 11.3 Å². The fourth-order valence-electron chi connectivity index (χ4n) is 3.33. The van der Waals surface area contributed by atoms with Crippen molar-refractivity contribution < 1.29 is 8.42 Å². The van der Waals surface area contributed by atoms with Crippen LogP contribution in [0.2, 0.25) is 0 Å². The Bertz CT molecular complexity index is 859. The number of sulfonamides is 1. The molecule has 0 radical (unpaired) electrons. The molecule has 0 N–H and O–H groups in total. The lowest BCUT2D eigenvalue weighted by molar-refractivity contribution is 0.314. The van der Waals surface area contributed by atoms with Gasteiger partial charge < -0.3 is 0 Å². The van der Waals surface area contributed by atoms with Crippen molar-refractivity contribution in [3.05, 3.63) is 29.5 Å². The maximum absolute atomic E-state index is 11.8. The summed E-state index contributed by atoms with van der Waals surface area (Å²) in [5, 5.41) is 4.43. The van der Waals surface area contributed by atoms with E-state index in [0.29, 0.717) is 13.1 Å². The molecule has 0 saturated carbocycles. The lowest BCUT2D eigenvalue weighted by Gasteiger charge is -2.30. The van der Waals surface area contributed by atoms with E-state index in [2.05, 4.69) is 10.1 Å². The van der Waals surface area contributed by atoms with E-state index in [9.17, 15) is 8.42 Å². The van der Waals surface area contributed by atoms with Crippen LogP contribution < -0.4 is 0 Å². The van der Waals surface area contributed by atoms with Crippen molar-refractivity contribution in [3.63, 3.8) is 0 Å². The van der Waals surface area contributed by atoms with Crippen LogP contribution >= 0.6 is 0 Å². The lowest BCUT2D eigenvalue weighted by atomic mass is 9.96. The molecule has 0 aliphatic carbocycles. The van der Waals surface area contributed by atoms with E-state index in [1.807, 2.05) is 25.6 Å². The summed E-state index contributed by atoms with van der Waals surface area (Å²) in [4.78, 5) is 9.13. The zero-order chi connectivity index (χ0) is 17.5. The van der Waals surface area contributed by atoms with E-state index >= 15 is 0 Å². The van der Waals surface area contributed by atoms with Gasteiger partial charge in [0.25, 0.3) is 0 Å². The van der Waals surface area contributed by atoms with Crippen molar-refractivity contribution in [1.82, 2.24) is 24.1 Å². The molecule has 24 heavy (non-hydrogen) atoms. The molecular weight excluding hydrogens is 326 g/mol. The van der Waals surface area contributed by atoms with Crippen LogP contribution in [-0.4, -0.2) is 51.8 Å². The average Bonchev–Trinajstić information content (AvgIpc) is 2.79. The molecule has 130 valence electrons. The van der Waals surface area contributed by atoms with Crippen molar-refractivity contribution in [2.45, 2.75) is 32.6 Å². The van der Waals surface area contributed by atoms with E-state index in [4.69, 9.17) is 4.98 Å². The first-order valence-electron chi connectivity index (χ1n) is 8.05. The van der Waals surface area contributed by atoms with Gasteiger partial charge in [-0.25, -0.2) is 17.7 Å². The van der Waals surface area contributed by atoms with E-state index in [0.717, 1.165) is 41.2 Å². The summed E-state index contributed by atoms with van der Waals surface area (Å²) in [6.07, 6.45) is 6.53. The molecular formula is C16H23N5O2S. The fraction of sp³-hybridized carbons (Fsp3) is 0.562. The van der Waals surface area contributed by atoms with Crippen molar-refractivity contribution in [2.24, 2.45) is 7.05 Å². The van der Waals surface area contributed by atoms with E-state index < -0.39 is 10.0 Å². The molecule has 0 bridgehead atoms. The van der Waals surface area contributed by atoms with Crippen LogP contribution in [0.15, 0.2) is 12.4 Å². The van der Waals surface area contributed by atoms with Crippen LogP contribution in [0.3, 0.4) is 0 Å². The standard InChI is InChI=1S/C16H23N5O2S/c1-11-16(12(2)20(3)19-11)15-9-17-8-14(18-15)13-6-5-7-21(10-13)24(4,22)23/h8-9,13H,5-7,10H2,1-4H3/t13-/m1/s1. The largest absolute Gasteiger partial charge is 0.272 e. The topological polar surface area (TPSA) is 81.0 Å². The second-order valence-corrected chi connectivity index (χ2v) is 8.44. The Kier molecular flexibility index (Phi) is 4.44. The Morgan fingerprint density at radius 1 is 1.25 bits per heavy atom. The minimum absolute atomic E-state index is 0.0817. The molecule has 2 aromatic heterocycles. The van der Waals surface area contributed by atoms with Crippen LogP contribution in [0.4, 0.5) is 0 Å². The molecule has 0 unspecified atom stereocenters. The monoisotopic (exact) mass is 349 g/mol. The van der Waals surface area contributed by atoms with Crippen molar-refractivity contribution in [1.29, 1.82) is 0 Å². The predicted octanol–water partition coefficient (Wildman–Crippen LogP) is 1.63. The number of nitrogens with zero attached hydrogens (tertiary/aromatic N) is 5. The highest BCUT2D eigenvalue weighted by molar-refractivity contribution is 7.88. The normalized spacial score (nSPS) is 19.6. The summed E-state index contributed by atoms with van der Waals surface area (Å²) in [6, 6.07) is 0. The molecule has 7 nitrogen and oxygen atoms in total. The first-order chi connectivity index (χ1) is 11.3. The second-order valence-electron chi connectivity index (χ2n) is 6.46. The zero-order valence-electron chi connectivity index (χ0n) is 14.5. The molecule has 0 spiro atoms. The molecule has 1 aliphatic rings. The third-order valence-electron chi connectivity index (χ3n) is 4.69. The van der Waals surface area contributed by atoms with Gasteiger partial charge in [0.2, 0.25) is 10.0 Å². The summed E-state index contributed by atoms with van der Waals surface area (Å²) in [7, 11) is -1.26. The summed E-state index contributed by atoms with van der Waals surface area (Å²) >= 11 is 0. The maximum Gasteiger partial charge on any atom is 0.211 e. The first-order valence-corrected chi connectivity index (χ1v) is 9.90. The average molecular weight is 349 g/mol. The number of rotatable bonds is 3. The Morgan fingerprint density at radius 2 is 2.00 bits per heavy atom. The number of hydrogen-bond donors (Lipinski definition) is 0. The molecule has 8 heteroatoms. The third-order valence-corrected chi connectivity index (χ3v) is 5.96. The Labute approximate surface area is 142 Å². The van der Waals surface area contributed by atoms with Gasteiger partial charge >= 0.3 is 0 Å². The highest BCUT2D eigenvalue weighted by atomic mass is 32.2. The molecule has 1 atom stereocenters. The predicted molar refractivity (Wildman–Crippen MR) is 92.1 cm³/mol. The van der Waals surface area contributed by atoms with Crippen LogP contribution in [0, 0.1) is 13.8 Å². The molecule has 0 aromatic carbocycles. The van der Waals surface area contributed by atoms with Gasteiger partial charge in [-0.2, -0.15) is 5.10 Å². The summed E-state index contributed by atoms with van der Waals surface area (Å²) in [6.45, 7) is 5.03. The zero-order valence-corrected chi connectivity index (χ0v) is 15.3. The summed E-state index contributed by atoms with van der Waals surface area (Å²) in [5.74, 6) is 0.0817. The van der Waals surface area contributed by atoms with E-state index in [1.54, 1.807) is 12.4 Å². The second kappa shape index (κ2) is 6.25. The molecule has 3 heterocycles. The van der Waals surface area contributed by atoms with Gasteiger partial charge in [0.15, 0.2) is 0 Å². The minimum atomic E-state index is -3.17. The number of aromatic nitrogens is 4. The quantitative estimate of drug-likeness (QED) is 0.841. The fourth-order valence-corrected chi connectivity index (χ4v) is 4.24. The smallest absolute Gasteiger partial charge is 0.211 e. The van der Waals surface area contributed by atoms with Gasteiger partial charge in [-0.15, -0.1) is 0 Å². The van der Waals surface area contributed by atoms with Crippen molar-refractivity contribution >= 4 is 10.0 Å². The summed E-state index contributed by atoms with van der Waals surface area (Å²) < 4.78 is 27.0. The molecule has 2 aromatic rings. The Hall–Kier alpha value is -1.80. The van der Waals surface area contributed by atoms with Crippen LogP contribution in [-0.2, 0) is 17.1 Å². The van der Waals surface area contributed by atoms with Gasteiger partial charge in [-0.1, -0.05) is 0 Å². The highest BCUT2D eigenvalue weighted by Crippen LogP contribution is 2.29. The number of piperidine rings is 1. The van der Waals surface area contributed by atoms with Crippen LogP contribution in [0.5, 0.6) is 0 Å². The van der Waals surface area contributed by atoms with E-state index in [1.165, 1.54) is 10.6 Å². The number of aryl methyl sites for hydroxylation is 2. The third kappa shape index (κ3) is 3.21. The van der Waals surface area contributed by atoms with Gasteiger partial charge in [0, 0.05) is 43.5 Å². The van der Waals surface area contributed by atoms with E-state index in [-0.39, 0.29) is 5.92 Å². The minimum Gasteiger partial charge on any atom is -0.272 e. The Balaban J connectivity index is 1.93. The highest BCUT2D eigenvalue weighted by Gasteiger charge is 2.28. The Morgan fingerprint density at radius 3 is 2.62 bits per heavy atom. The molecule has 1 fully saturated rings. The lowest BCUT2D eigenvalue weighted by Crippen LogP contribution is -2.38. The van der Waals surface area contributed by atoms with Gasteiger partial charge in [0.05, 0.1) is 29.5 Å². The molecule has 1 saturated heterocycles. The number of hydrogen-bond acceptors (Lipinski definition) is 5. The first kappa shape index (κ1) is 17.0. The van der Waals surface area contributed by atoms with Crippen molar-refractivity contribution in [3.8, 4) is 11.3 Å². The van der Waals surface area contributed by atoms with Crippen molar-refractivity contribution in [2.75, 3.05) is 19.3 Å². The van der Waals surface area contributed by atoms with Gasteiger partial charge in [-0.3, -0.25) is 9.67 Å². The molecule has 1 aliphatic heterocycles.